The monoisotopic (exact) mass is 567 g/mol. The lowest BCUT2D eigenvalue weighted by molar-refractivity contribution is -0.123. The molecular formula is C31H38BrNO4. The lowest BCUT2D eigenvalue weighted by Crippen LogP contribution is -2.33. The predicted molar refractivity (Wildman–Crippen MR) is 150 cm³/mol. The van der Waals surface area contributed by atoms with Gasteiger partial charge >= 0.3 is 0 Å². The first-order chi connectivity index (χ1) is 17.8. The second kappa shape index (κ2) is 13.0. The van der Waals surface area contributed by atoms with E-state index in [4.69, 9.17) is 4.74 Å². The smallest absolute Gasteiger partial charge is 0.253 e. The first-order valence-electron chi connectivity index (χ1n) is 13.4. The van der Waals surface area contributed by atoms with Crippen molar-refractivity contribution in [2.24, 2.45) is 29.6 Å². The zero-order valence-corrected chi connectivity index (χ0v) is 23.3. The number of rotatable bonds is 11. The van der Waals surface area contributed by atoms with E-state index < -0.39 is 0 Å². The number of benzene rings is 2. The van der Waals surface area contributed by atoms with E-state index in [0.29, 0.717) is 35.4 Å². The fourth-order valence-electron chi connectivity index (χ4n) is 5.95. The number of halogens is 1. The van der Waals surface area contributed by atoms with Crippen LogP contribution < -0.4 is 4.90 Å². The van der Waals surface area contributed by atoms with Crippen LogP contribution in [0.2, 0.25) is 0 Å². The van der Waals surface area contributed by atoms with Crippen molar-refractivity contribution in [1.29, 1.82) is 0 Å². The number of nitrogens with zero attached hydrogens (tertiary/aromatic N) is 1. The minimum absolute atomic E-state index is 0.0204. The van der Waals surface area contributed by atoms with Crippen LogP contribution in [0.4, 0.5) is 5.69 Å². The molecule has 198 valence electrons. The van der Waals surface area contributed by atoms with Gasteiger partial charge in [0.25, 0.3) is 5.91 Å². The molecule has 0 radical (unpaired) electrons. The number of ketones is 1. The molecule has 37 heavy (non-hydrogen) atoms. The minimum atomic E-state index is -0.383. The maximum atomic E-state index is 13.1. The number of hydrogen-bond donors (Lipinski definition) is 1. The third-order valence-corrected chi connectivity index (χ3v) is 8.53. The van der Waals surface area contributed by atoms with E-state index in [0.717, 1.165) is 36.9 Å². The van der Waals surface area contributed by atoms with Crippen LogP contribution in [0.15, 0.2) is 71.2 Å². The maximum absolute atomic E-state index is 13.1. The second-order valence-corrected chi connectivity index (χ2v) is 11.7. The van der Waals surface area contributed by atoms with E-state index in [-0.39, 0.29) is 36.2 Å². The number of para-hydroxylation sites is 1. The van der Waals surface area contributed by atoms with Gasteiger partial charge in [0.05, 0.1) is 17.1 Å². The Kier molecular flexibility index (Phi) is 9.74. The third kappa shape index (κ3) is 7.18. The number of fused-ring (bicyclic) bond motifs is 1. The van der Waals surface area contributed by atoms with Crippen LogP contribution >= 0.6 is 15.9 Å². The van der Waals surface area contributed by atoms with Gasteiger partial charge in [-0.1, -0.05) is 68.5 Å². The number of amides is 1. The molecule has 4 rings (SSSR count). The molecule has 0 heterocycles. The molecule has 2 aliphatic rings. The molecule has 5 atom stereocenters. The highest BCUT2D eigenvalue weighted by atomic mass is 79.9. The Labute approximate surface area is 229 Å². The minimum Gasteiger partial charge on any atom is -0.392 e. The molecule has 0 bridgehead atoms. The second-order valence-electron chi connectivity index (χ2n) is 10.8. The summed E-state index contributed by atoms with van der Waals surface area (Å²) in [5.41, 5.74) is 1.94. The van der Waals surface area contributed by atoms with Crippen LogP contribution in [0.5, 0.6) is 0 Å². The topological polar surface area (TPSA) is 66.8 Å². The van der Waals surface area contributed by atoms with Crippen LogP contribution in [-0.2, 0) is 20.9 Å². The first-order valence-corrected chi connectivity index (χ1v) is 14.2. The van der Waals surface area contributed by atoms with Crippen molar-refractivity contribution in [3.8, 4) is 0 Å². The SMILES string of the molecule is CC(C)C(=O)C(Br)=C[C@H]1[C@@H]2CC(CCOCC(=O)N(Cc3ccccc3)c3ccccc3)C[C@H]2C[C@@H]1O. The number of ether oxygens (including phenoxy) is 1. The fourth-order valence-corrected chi connectivity index (χ4v) is 6.72. The summed E-state index contributed by atoms with van der Waals surface area (Å²) in [5, 5.41) is 10.6. The zero-order chi connectivity index (χ0) is 26.4. The van der Waals surface area contributed by atoms with Crippen LogP contribution in [-0.4, -0.2) is 36.1 Å². The summed E-state index contributed by atoms with van der Waals surface area (Å²) in [5.74, 6) is 1.38. The summed E-state index contributed by atoms with van der Waals surface area (Å²) in [7, 11) is 0. The van der Waals surface area contributed by atoms with Gasteiger partial charge in [0.2, 0.25) is 0 Å². The number of carbonyl (C=O) groups is 2. The number of aliphatic hydroxyl groups excluding tert-OH is 1. The predicted octanol–water partition coefficient (Wildman–Crippen LogP) is 6.15. The van der Waals surface area contributed by atoms with E-state index in [1.807, 2.05) is 80.6 Å². The average molecular weight is 569 g/mol. The van der Waals surface area contributed by atoms with Crippen molar-refractivity contribution in [2.45, 2.75) is 52.2 Å². The Hall–Kier alpha value is -2.28. The Morgan fingerprint density at radius 1 is 1.05 bits per heavy atom. The van der Waals surface area contributed by atoms with Gasteiger partial charge in [0.15, 0.2) is 5.78 Å². The van der Waals surface area contributed by atoms with Crippen molar-refractivity contribution in [2.75, 3.05) is 18.1 Å². The van der Waals surface area contributed by atoms with Crippen molar-refractivity contribution in [3.63, 3.8) is 0 Å². The number of hydrogen-bond acceptors (Lipinski definition) is 4. The van der Waals surface area contributed by atoms with Crippen LogP contribution in [0.25, 0.3) is 0 Å². The molecule has 2 fully saturated rings. The van der Waals surface area contributed by atoms with E-state index in [1.54, 1.807) is 4.90 Å². The van der Waals surface area contributed by atoms with Crippen LogP contribution in [0.3, 0.4) is 0 Å². The number of carbonyl (C=O) groups excluding carboxylic acids is 2. The van der Waals surface area contributed by atoms with Gasteiger partial charge in [-0.3, -0.25) is 9.59 Å². The molecule has 0 saturated heterocycles. The highest BCUT2D eigenvalue weighted by Gasteiger charge is 2.47. The van der Waals surface area contributed by atoms with Gasteiger partial charge in [-0.25, -0.2) is 0 Å². The highest BCUT2D eigenvalue weighted by Crippen LogP contribution is 2.51. The molecule has 1 N–H and O–H groups in total. The Balaban J connectivity index is 1.28. The van der Waals surface area contributed by atoms with Gasteiger partial charge in [0.1, 0.15) is 6.61 Å². The Morgan fingerprint density at radius 2 is 1.73 bits per heavy atom. The molecule has 2 aliphatic carbocycles. The molecule has 1 unspecified atom stereocenters. The first kappa shape index (κ1) is 27.7. The molecule has 0 aromatic heterocycles. The third-order valence-electron chi connectivity index (χ3n) is 7.88. The molecule has 2 aromatic carbocycles. The Morgan fingerprint density at radius 3 is 2.41 bits per heavy atom. The fraction of sp³-hybridized carbons (Fsp3) is 0.484. The highest BCUT2D eigenvalue weighted by molar-refractivity contribution is 9.12. The number of allylic oxidation sites excluding steroid dienone is 1. The normalized spacial score (nSPS) is 25.3. The van der Waals surface area contributed by atoms with Gasteiger partial charge in [-0.15, -0.1) is 0 Å². The van der Waals surface area contributed by atoms with E-state index in [2.05, 4.69) is 15.9 Å². The van der Waals surface area contributed by atoms with Crippen LogP contribution in [0.1, 0.15) is 45.1 Å². The standard InChI is InChI=1S/C31H38BrNO4/c1-21(2)31(36)28(32)18-27-26-16-23(15-24(26)17-29(27)34)13-14-37-20-30(35)33(25-11-7-4-8-12-25)19-22-9-5-3-6-10-22/h3-12,18,21,23-24,26-27,29,34H,13-17,19-20H2,1-2H3/t23?,24-,26+,27-,29-/m0/s1. The lowest BCUT2D eigenvalue weighted by atomic mass is 9.89. The molecule has 2 saturated carbocycles. The summed E-state index contributed by atoms with van der Waals surface area (Å²) >= 11 is 3.45. The maximum Gasteiger partial charge on any atom is 0.253 e. The van der Waals surface area contributed by atoms with Crippen molar-refractivity contribution in [1.82, 2.24) is 0 Å². The number of anilines is 1. The molecule has 5 nitrogen and oxygen atoms in total. The Bertz CT molecular complexity index is 1070. The summed E-state index contributed by atoms with van der Waals surface area (Å²) < 4.78 is 6.48. The van der Waals surface area contributed by atoms with E-state index >= 15 is 0 Å². The molecule has 2 aromatic rings. The molecule has 0 aliphatic heterocycles. The van der Waals surface area contributed by atoms with E-state index in [1.165, 1.54) is 0 Å². The lowest BCUT2D eigenvalue weighted by Gasteiger charge is -2.23. The molecule has 0 spiro atoms. The summed E-state index contributed by atoms with van der Waals surface area (Å²) in [6, 6.07) is 19.7. The average Bonchev–Trinajstić information content (AvgIpc) is 3.42. The van der Waals surface area contributed by atoms with Gasteiger partial charge in [-0.05, 0) is 77.1 Å². The van der Waals surface area contributed by atoms with Crippen LogP contribution in [0, 0.1) is 29.6 Å². The van der Waals surface area contributed by atoms with Crippen molar-refractivity contribution < 1.29 is 19.4 Å². The quantitative estimate of drug-likeness (QED) is 0.261. The van der Waals surface area contributed by atoms with Gasteiger partial charge < -0.3 is 14.7 Å². The molecular weight excluding hydrogens is 530 g/mol. The molecule has 6 heteroatoms. The zero-order valence-electron chi connectivity index (χ0n) is 21.8. The number of Topliss-reactive ketones (excluding diaryl/α,β-unsaturated/α-hetero) is 1. The van der Waals surface area contributed by atoms with E-state index in [9.17, 15) is 14.7 Å². The van der Waals surface area contributed by atoms with Crippen molar-refractivity contribution in [3.05, 3.63) is 76.8 Å². The largest absolute Gasteiger partial charge is 0.392 e. The van der Waals surface area contributed by atoms with Crippen molar-refractivity contribution >= 4 is 33.3 Å². The summed E-state index contributed by atoms with van der Waals surface area (Å²) in [6.45, 7) is 4.88. The van der Waals surface area contributed by atoms with Gasteiger partial charge in [0, 0.05) is 24.1 Å². The number of aliphatic hydroxyl groups is 1. The molecule has 1 amide bonds. The summed E-state index contributed by atoms with van der Waals surface area (Å²) in [6.07, 6.45) is 5.38. The van der Waals surface area contributed by atoms with Gasteiger partial charge in [-0.2, -0.15) is 0 Å². The summed E-state index contributed by atoms with van der Waals surface area (Å²) in [4.78, 5) is 27.2.